The van der Waals surface area contributed by atoms with E-state index in [1.165, 1.54) is 96.3 Å². The number of carbonyl (C=O) groups excluding carboxylic acids is 2. The first-order valence-corrected chi connectivity index (χ1v) is 19.5. The summed E-state index contributed by atoms with van der Waals surface area (Å²) in [6.45, 7) is 3.65. The van der Waals surface area contributed by atoms with Crippen molar-refractivity contribution in [2.45, 2.75) is 187 Å². The third-order valence-electron chi connectivity index (χ3n) is 7.78. The van der Waals surface area contributed by atoms with E-state index in [4.69, 9.17) is 19.3 Å². The number of ether oxygens (including phenoxy) is 2. The molecule has 0 unspecified atom stereocenters. The molecular weight excluding hydrogens is 579 g/mol. The molecule has 0 heterocycles. The van der Waals surface area contributed by atoms with Crippen LogP contribution < -0.4 is 0 Å². The molecule has 1 atom stereocenters. The monoisotopic (exact) mass is 646 g/mol. The van der Waals surface area contributed by atoms with Crippen LogP contribution in [-0.2, 0) is 28.2 Å². The Kier molecular flexibility index (Phi) is 30.9. The first-order valence-electron chi connectivity index (χ1n) is 18.0. The molecule has 0 aliphatic heterocycles. The molecule has 9 heteroatoms. The van der Waals surface area contributed by atoms with Crippen LogP contribution in [0.5, 0.6) is 0 Å². The second-order valence-corrected chi connectivity index (χ2v) is 13.4. The van der Waals surface area contributed by atoms with Crippen LogP contribution in [0.25, 0.3) is 0 Å². The van der Waals surface area contributed by atoms with Gasteiger partial charge in [0.1, 0.15) is 6.61 Å². The summed E-state index contributed by atoms with van der Waals surface area (Å²) in [7, 11) is -4.74. The number of unbranched alkanes of at least 4 members (excludes halogenated alkanes) is 21. The molecule has 0 spiro atoms. The minimum absolute atomic E-state index is 0.206. The average molecular weight is 647 g/mol. The van der Waals surface area contributed by atoms with Gasteiger partial charge in [0.25, 0.3) is 0 Å². The summed E-state index contributed by atoms with van der Waals surface area (Å²) >= 11 is 0. The van der Waals surface area contributed by atoms with Crippen molar-refractivity contribution in [1.29, 1.82) is 0 Å². The van der Waals surface area contributed by atoms with Gasteiger partial charge in [-0.3, -0.25) is 14.1 Å². The quantitative estimate of drug-likeness (QED) is 0.0313. The highest BCUT2D eigenvalue weighted by molar-refractivity contribution is 7.46. The van der Waals surface area contributed by atoms with Crippen LogP contribution in [0.1, 0.15) is 181 Å². The van der Waals surface area contributed by atoms with Gasteiger partial charge in [0.2, 0.25) is 0 Å². The van der Waals surface area contributed by atoms with Gasteiger partial charge in [-0.05, 0) is 38.5 Å². The van der Waals surface area contributed by atoms with Gasteiger partial charge in [-0.2, -0.15) is 0 Å². The maximum absolute atomic E-state index is 12.3. The number of allylic oxidation sites excluding steroid dienone is 2. The molecule has 8 nitrogen and oxygen atoms in total. The van der Waals surface area contributed by atoms with Gasteiger partial charge < -0.3 is 19.3 Å². The summed E-state index contributed by atoms with van der Waals surface area (Å²) in [6.07, 6.45) is 32.2. The summed E-state index contributed by atoms with van der Waals surface area (Å²) in [4.78, 5) is 42.6. The molecule has 2 N–H and O–H groups in total. The summed E-state index contributed by atoms with van der Waals surface area (Å²) in [5.41, 5.74) is 0. The molecule has 0 saturated carbocycles. The van der Waals surface area contributed by atoms with Crippen molar-refractivity contribution in [3.05, 3.63) is 12.2 Å². The molecule has 0 saturated heterocycles. The van der Waals surface area contributed by atoms with Gasteiger partial charge in [-0.15, -0.1) is 0 Å². The zero-order chi connectivity index (χ0) is 32.6. The molecule has 0 radical (unpaired) electrons. The predicted octanol–water partition coefficient (Wildman–Crippen LogP) is 10.3. The maximum Gasteiger partial charge on any atom is 0.469 e. The minimum atomic E-state index is -4.74. The van der Waals surface area contributed by atoms with Gasteiger partial charge in [0.05, 0.1) is 6.61 Å². The molecule has 0 aromatic carbocycles. The molecule has 0 aliphatic carbocycles. The van der Waals surface area contributed by atoms with E-state index in [2.05, 4.69) is 30.5 Å². The lowest BCUT2D eigenvalue weighted by Gasteiger charge is -2.18. The van der Waals surface area contributed by atoms with Crippen molar-refractivity contribution in [2.24, 2.45) is 0 Å². The van der Waals surface area contributed by atoms with Crippen molar-refractivity contribution in [3.8, 4) is 0 Å². The molecule has 0 fully saturated rings. The van der Waals surface area contributed by atoms with Gasteiger partial charge in [0, 0.05) is 12.8 Å². The topological polar surface area (TPSA) is 119 Å². The molecule has 0 amide bonds. The van der Waals surface area contributed by atoms with E-state index in [0.717, 1.165) is 51.4 Å². The second kappa shape index (κ2) is 31.8. The van der Waals surface area contributed by atoms with E-state index in [9.17, 15) is 14.2 Å². The van der Waals surface area contributed by atoms with Crippen molar-refractivity contribution in [3.63, 3.8) is 0 Å². The van der Waals surface area contributed by atoms with Crippen molar-refractivity contribution >= 4 is 19.8 Å². The summed E-state index contributed by atoms with van der Waals surface area (Å²) in [5, 5.41) is 0. The minimum Gasteiger partial charge on any atom is -0.462 e. The van der Waals surface area contributed by atoms with Crippen LogP contribution in [0, 0.1) is 0 Å². The van der Waals surface area contributed by atoms with E-state index in [-0.39, 0.29) is 19.4 Å². The lowest BCUT2D eigenvalue weighted by Crippen LogP contribution is -2.29. The Morgan fingerprint density at radius 2 is 0.955 bits per heavy atom. The third-order valence-corrected chi connectivity index (χ3v) is 8.27. The van der Waals surface area contributed by atoms with E-state index >= 15 is 0 Å². The molecule has 0 rings (SSSR count). The molecule has 44 heavy (non-hydrogen) atoms. The molecule has 0 bridgehead atoms. The van der Waals surface area contributed by atoms with Gasteiger partial charge >= 0.3 is 19.8 Å². The summed E-state index contributed by atoms with van der Waals surface area (Å²) in [5.74, 6) is -0.890. The first-order chi connectivity index (χ1) is 21.3. The fourth-order valence-corrected chi connectivity index (χ4v) is 5.43. The van der Waals surface area contributed by atoms with Crippen molar-refractivity contribution < 1.29 is 37.9 Å². The Morgan fingerprint density at radius 3 is 1.39 bits per heavy atom. The molecular formula is C35H67O8P. The van der Waals surface area contributed by atoms with Crippen LogP contribution in [0.15, 0.2) is 12.2 Å². The van der Waals surface area contributed by atoms with Crippen molar-refractivity contribution in [2.75, 3.05) is 13.2 Å². The van der Waals surface area contributed by atoms with Crippen LogP contribution in [0.3, 0.4) is 0 Å². The first kappa shape index (κ1) is 42.8. The summed E-state index contributed by atoms with van der Waals surface area (Å²) < 4.78 is 26.2. The zero-order valence-corrected chi connectivity index (χ0v) is 29.2. The van der Waals surface area contributed by atoms with Crippen LogP contribution >= 0.6 is 7.82 Å². The third kappa shape index (κ3) is 33.7. The van der Waals surface area contributed by atoms with E-state index in [1.54, 1.807) is 0 Å². The van der Waals surface area contributed by atoms with Gasteiger partial charge in [-0.25, -0.2) is 4.57 Å². The second-order valence-electron chi connectivity index (χ2n) is 12.2. The van der Waals surface area contributed by atoms with E-state index in [0.29, 0.717) is 6.42 Å². The Balaban J connectivity index is 3.98. The predicted molar refractivity (Wildman–Crippen MR) is 179 cm³/mol. The Hall–Kier alpha value is -1.21. The Labute approximate surface area is 269 Å². The van der Waals surface area contributed by atoms with Crippen molar-refractivity contribution in [1.82, 2.24) is 0 Å². The largest absolute Gasteiger partial charge is 0.469 e. The number of carbonyl (C=O) groups is 2. The van der Waals surface area contributed by atoms with E-state index in [1.807, 2.05) is 0 Å². The standard InChI is InChI=1S/C35H67O8P/c1-3-5-7-9-11-13-15-16-17-18-20-22-24-26-28-30-35(37)43-33(32-42-44(38,39)40)31-41-34(36)29-27-25-23-21-19-14-12-10-8-6-4-2/h16-17,33H,3-15,18-32H2,1-2H3,(H2,38,39,40)/b17-16+/t33-/m1/s1. The van der Waals surface area contributed by atoms with E-state index < -0.39 is 32.5 Å². The lowest BCUT2D eigenvalue weighted by atomic mass is 10.1. The fourth-order valence-electron chi connectivity index (χ4n) is 5.07. The van der Waals surface area contributed by atoms with Crippen LogP contribution in [-0.4, -0.2) is 41.0 Å². The fraction of sp³-hybridized carbons (Fsp3) is 0.886. The Morgan fingerprint density at radius 1 is 0.568 bits per heavy atom. The molecule has 260 valence electrons. The number of phosphoric acid groups is 1. The average Bonchev–Trinajstić information content (AvgIpc) is 2.98. The highest BCUT2D eigenvalue weighted by atomic mass is 31.2. The maximum atomic E-state index is 12.3. The number of hydrogen-bond acceptors (Lipinski definition) is 6. The van der Waals surface area contributed by atoms with Crippen LogP contribution in [0.2, 0.25) is 0 Å². The normalized spacial score (nSPS) is 12.5. The number of phosphoric ester groups is 1. The number of rotatable bonds is 33. The number of hydrogen-bond donors (Lipinski definition) is 2. The summed E-state index contributed by atoms with van der Waals surface area (Å²) in [6, 6.07) is 0. The highest BCUT2D eigenvalue weighted by Crippen LogP contribution is 2.36. The van der Waals surface area contributed by atoms with Crippen LogP contribution in [0.4, 0.5) is 0 Å². The molecule has 0 aromatic rings. The van der Waals surface area contributed by atoms with Gasteiger partial charge in [-0.1, -0.05) is 142 Å². The zero-order valence-electron chi connectivity index (χ0n) is 28.3. The SMILES string of the molecule is CCCCCCCC/C=C/CCCCCCCC(=O)O[C@H](COC(=O)CCCCCCCCCCCCC)COP(=O)(O)O. The Bertz CT molecular complexity index is 736. The number of esters is 2. The highest BCUT2D eigenvalue weighted by Gasteiger charge is 2.22. The lowest BCUT2D eigenvalue weighted by molar-refractivity contribution is -0.161. The molecule has 0 aliphatic rings. The molecule has 0 aromatic heterocycles. The smallest absolute Gasteiger partial charge is 0.462 e. The van der Waals surface area contributed by atoms with Gasteiger partial charge in [0.15, 0.2) is 6.10 Å².